The Balaban J connectivity index is 1.58. The van der Waals surface area contributed by atoms with Crippen molar-refractivity contribution in [3.63, 3.8) is 0 Å². The van der Waals surface area contributed by atoms with Gasteiger partial charge in [0.15, 0.2) is 12.1 Å². The first-order chi connectivity index (χ1) is 23.8. The van der Waals surface area contributed by atoms with E-state index < -0.39 is 97.3 Å². The van der Waals surface area contributed by atoms with E-state index in [9.17, 15) is 40.2 Å². The Bertz CT molecular complexity index is 1270. The molecule has 280 valence electrons. The summed E-state index contributed by atoms with van der Waals surface area (Å²) >= 11 is 0. The van der Waals surface area contributed by atoms with Crippen molar-refractivity contribution in [1.29, 1.82) is 0 Å². The number of hydrogen-bond acceptors (Lipinski definition) is 13. The number of fused-ring (bicyclic) bond motifs is 3. The normalized spacial score (nSPS) is 45.1. The zero-order chi connectivity index (χ0) is 36.4. The van der Waals surface area contributed by atoms with Gasteiger partial charge < -0.3 is 60.1 Å². The van der Waals surface area contributed by atoms with Crippen molar-refractivity contribution >= 4 is 11.9 Å². The second-order valence-corrected chi connectivity index (χ2v) is 13.5. The first-order valence-electron chi connectivity index (χ1n) is 17.4. The number of cyclic esters (lactones) is 1. The highest BCUT2D eigenvalue weighted by Gasteiger charge is 2.51. The van der Waals surface area contributed by atoms with Crippen LogP contribution < -0.4 is 5.73 Å². The molecule has 14 nitrogen and oxygen atoms in total. The Morgan fingerprint density at radius 3 is 2.42 bits per heavy atom. The van der Waals surface area contributed by atoms with Crippen LogP contribution in [0.5, 0.6) is 0 Å². The van der Waals surface area contributed by atoms with Gasteiger partial charge in [0.05, 0.1) is 48.8 Å². The zero-order valence-electron chi connectivity index (χ0n) is 28.6. The van der Waals surface area contributed by atoms with Crippen molar-refractivity contribution in [3.05, 3.63) is 60.8 Å². The van der Waals surface area contributed by atoms with Gasteiger partial charge in [-0.3, -0.25) is 4.79 Å². The van der Waals surface area contributed by atoms with E-state index in [1.54, 1.807) is 43.4 Å². The summed E-state index contributed by atoms with van der Waals surface area (Å²) < 4.78 is 29.0. The molecule has 14 heteroatoms. The molecule has 50 heavy (non-hydrogen) atoms. The average Bonchev–Trinajstić information content (AvgIpc) is 3.78. The topological polar surface area (TPSA) is 231 Å². The number of allylic oxidation sites excluding steroid dienone is 6. The lowest BCUT2D eigenvalue weighted by Gasteiger charge is -2.45. The van der Waals surface area contributed by atoms with E-state index >= 15 is 0 Å². The van der Waals surface area contributed by atoms with Gasteiger partial charge >= 0.3 is 11.9 Å². The summed E-state index contributed by atoms with van der Waals surface area (Å²) in [5, 5.41) is 64.2. The third-order valence-corrected chi connectivity index (χ3v) is 9.35. The fourth-order valence-electron chi connectivity index (χ4n) is 6.54. The van der Waals surface area contributed by atoms with Gasteiger partial charge in [-0.2, -0.15) is 0 Å². The molecule has 8 N–H and O–H groups in total. The molecule has 14 atom stereocenters. The van der Waals surface area contributed by atoms with Crippen LogP contribution in [0.3, 0.4) is 0 Å². The summed E-state index contributed by atoms with van der Waals surface area (Å²) in [6, 6.07) is -1.08. The molecule has 3 fully saturated rings. The summed E-state index contributed by atoms with van der Waals surface area (Å²) in [6.07, 6.45) is 8.24. The van der Waals surface area contributed by atoms with Crippen LogP contribution in [0.2, 0.25) is 0 Å². The van der Waals surface area contributed by atoms with E-state index in [0.717, 1.165) is 19.3 Å². The monoisotopic (exact) mass is 707 g/mol. The molecule has 4 heterocycles. The first-order valence-corrected chi connectivity index (χ1v) is 17.4. The summed E-state index contributed by atoms with van der Waals surface area (Å²) in [7, 11) is 0. The number of carboxylic acids is 1. The molecule has 0 aromatic heterocycles. The molecular weight excluding hydrogens is 654 g/mol. The molecule has 0 amide bonds. The lowest BCUT2D eigenvalue weighted by Crippen LogP contribution is -2.61. The molecule has 4 aliphatic heterocycles. The lowest BCUT2D eigenvalue weighted by molar-refractivity contribution is -0.308. The van der Waals surface area contributed by atoms with Crippen molar-refractivity contribution in [3.8, 4) is 0 Å². The number of rotatable bonds is 6. The average molecular weight is 708 g/mol. The van der Waals surface area contributed by atoms with Gasteiger partial charge in [0.1, 0.15) is 24.2 Å². The van der Waals surface area contributed by atoms with Gasteiger partial charge in [0.25, 0.3) is 0 Å². The largest absolute Gasteiger partial charge is 0.481 e. The minimum Gasteiger partial charge on any atom is -0.481 e. The standard InChI is InChI=1S/C36H53NO13/c1-3-4-12-23-13-10-8-6-5-7-9-11-14-24(48-35-33(42)31(37)32(41)21(2)46-35)18-28-30(34(43)44)25(39)20-36(45,50-28)19-22(38)17-27-26(49-27)15-16-29(40)47-23/h5-11,14-16,21-28,30-33,35,38-39,41-42,45H,3-4,12-13,17-20,37H2,1-2H3,(H,43,44)/b6-5+,9-7+,10-8+,14-11+,16-15+/t21-,22?,23-,24?,25+,26-,27-,28+,30-,31+,32-,33+,35+,36-/m1/s1. The van der Waals surface area contributed by atoms with Crippen molar-refractivity contribution in [2.24, 2.45) is 11.7 Å². The molecule has 0 aromatic carbocycles. The molecule has 4 aliphatic rings. The molecule has 0 saturated carbocycles. The number of carboxylic acid groups (broad SMARTS) is 1. The van der Waals surface area contributed by atoms with Crippen molar-refractivity contribution in [2.75, 3.05) is 0 Å². The number of carbonyl (C=O) groups excluding carboxylic acids is 1. The van der Waals surface area contributed by atoms with Gasteiger partial charge in [-0.15, -0.1) is 0 Å². The van der Waals surface area contributed by atoms with Crippen molar-refractivity contribution < 1.29 is 63.9 Å². The van der Waals surface area contributed by atoms with E-state index in [2.05, 4.69) is 6.92 Å². The SMILES string of the molecule is CCCC[C@@H]1C/C=C/C=C/C=C/C=C/C(O[C@@H]2O[C@H](C)[C@@H](O)[C@H](N)[C@@H]2O)C[C@@H]2O[C@](O)(CC(O)C[C@H]3O[C@@H]3/C=C/C(=O)O1)C[C@H](O)[C@H]2C(=O)O. The summed E-state index contributed by atoms with van der Waals surface area (Å²) in [5.74, 6) is -5.41. The second kappa shape index (κ2) is 18.6. The van der Waals surface area contributed by atoms with Crippen molar-refractivity contribution in [1.82, 2.24) is 0 Å². The molecule has 2 bridgehead atoms. The Hall–Kier alpha value is -2.76. The van der Waals surface area contributed by atoms with Gasteiger partial charge in [-0.25, -0.2) is 4.79 Å². The number of aliphatic hydroxyl groups is 5. The number of aliphatic carboxylic acids is 1. The fraction of sp³-hybridized carbons (Fsp3) is 0.667. The van der Waals surface area contributed by atoms with Crippen LogP contribution in [0.15, 0.2) is 60.8 Å². The first kappa shape index (κ1) is 40.0. The number of hydrogen-bond donors (Lipinski definition) is 7. The third-order valence-electron chi connectivity index (χ3n) is 9.35. The molecule has 0 aromatic rings. The Labute approximate surface area is 292 Å². The number of aliphatic hydroxyl groups excluding tert-OH is 4. The highest BCUT2D eigenvalue weighted by molar-refractivity contribution is 5.82. The minimum atomic E-state index is -2.10. The van der Waals surface area contributed by atoms with Crippen LogP contribution in [0.25, 0.3) is 0 Å². The van der Waals surface area contributed by atoms with E-state index in [1.807, 2.05) is 18.2 Å². The lowest BCUT2D eigenvalue weighted by atomic mass is 9.83. The van der Waals surface area contributed by atoms with E-state index in [0.29, 0.717) is 6.42 Å². The molecule has 0 aliphatic carbocycles. The molecule has 0 spiro atoms. The fourth-order valence-corrected chi connectivity index (χ4v) is 6.54. The summed E-state index contributed by atoms with van der Waals surface area (Å²) in [5.41, 5.74) is 6.00. The predicted octanol–water partition coefficient (Wildman–Crippen LogP) is 1.29. The van der Waals surface area contributed by atoms with Gasteiger partial charge in [-0.1, -0.05) is 68.4 Å². The molecule has 0 radical (unpaired) electrons. The zero-order valence-corrected chi connectivity index (χ0v) is 28.6. The number of esters is 1. The van der Waals surface area contributed by atoms with E-state index in [1.165, 1.54) is 6.08 Å². The van der Waals surface area contributed by atoms with Gasteiger partial charge in [0.2, 0.25) is 0 Å². The van der Waals surface area contributed by atoms with E-state index in [-0.39, 0.29) is 25.4 Å². The molecular formula is C36H53NO13. The number of carbonyl (C=O) groups is 2. The molecule has 2 unspecified atom stereocenters. The van der Waals surface area contributed by atoms with E-state index in [4.69, 9.17) is 29.4 Å². The maximum absolute atomic E-state index is 12.5. The maximum Gasteiger partial charge on any atom is 0.330 e. The highest BCUT2D eigenvalue weighted by atomic mass is 16.7. The van der Waals surface area contributed by atoms with Crippen molar-refractivity contribution in [2.45, 2.75) is 144 Å². The van der Waals surface area contributed by atoms with Crippen LogP contribution in [0, 0.1) is 5.92 Å². The van der Waals surface area contributed by atoms with Gasteiger partial charge in [-0.05, 0) is 19.4 Å². The quantitative estimate of drug-likeness (QED) is 0.152. The smallest absolute Gasteiger partial charge is 0.330 e. The Morgan fingerprint density at radius 1 is 0.980 bits per heavy atom. The number of unbranched alkanes of at least 4 members (excludes halogenated alkanes) is 1. The number of nitrogens with two attached hydrogens (primary N) is 1. The highest BCUT2D eigenvalue weighted by Crippen LogP contribution is 2.39. The minimum absolute atomic E-state index is 0.0816. The summed E-state index contributed by atoms with van der Waals surface area (Å²) in [6.45, 7) is 3.64. The molecule has 4 rings (SSSR count). The van der Waals surface area contributed by atoms with Gasteiger partial charge in [0, 0.05) is 38.2 Å². The maximum atomic E-state index is 12.5. The van der Waals surface area contributed by atoms with Crippen LogP contribution in [-0.4, -0.2) is 122 Å². The Morgan fingerprint density at radius 2 is 1.70 bits per heavy atom. The van der Waals surface area contributed by atoms with Crippen LogP contribution >= 0.6 is 0 Å². The van der Waals surface area contributed by atoms with Crippen LogP contribution in [-0.2, 0) is 33.3 Å². The third kappa shape index (κ3) is 11.6. The second-order valence-electron chi connectivity index (χ2n) is 13.5. The summed E-state index contributed by atoms with van der Waals surface area (Å²) in [4.78, 5) is 24.8. The number of epoxide rings is 1. The van der Waals surface area contributed by atoms with Crippen LogP contribution in [0.4, 0.5) is 0 Å². The number of ether oxygens (including phenoxy) is 5. The predicted molar refractivity (Wildman–Crippen MR) is 179 cm³/mol. The molecule has 3 saturated heterocycles. The Kier molecular flexibility index (Phi) is 14.9. The van der Waals surface area contributed by atoms with Crippen LogP contribution in [0.1, 0.15) is 65.2 Å².